The van der Waals surface area contributed by atoms with Crippen LogP contribution in [-0.4, -0.2) is 17.3 Å². The molecule has 0 bridgehead atoms. The molecule has 0 aromatic rings. The standard InChI is InChI=1S/C12H18N2O/c1-2-3-4-10-13-11(15)12(14-10)6-8-5-9(8)7-12/h8-9H,2-7H2,1H3,(H,13,14,15)/t8-,9?,12?/m0/s1. The molecule has 2 aliphatic carbocycles. The SMILES string of the molecule is CCCCC1=NC2(CC3C[C@H]3C2)C(=O)N1. The number of hydrogen-bond donors (Lipinski definition) is 1. The predicted octanol–water partition coefficient (Wildman–Crippen LogP) is 1.87. The van der Waals surface area contributed by atoms with Crippen molar-refractivity contribution < 1.29 is 4.79 Å². The van der Waals surface area contributed by atoms with Gasteiger partial charge >= 0.3 is 0 Å². The van der Waals surface area contributed by atoms with Gasteiger partial charge in [0.25, 0.3) is 5.91 Å². The highest BCUT2D eigenvalue weighted by Crippen LogP contribution is 2.58. The average Bonchev–Trinajstić information content (AvgIpc) is 2.71. The fraction of sp³-hybridized carbons (Fsp3) is 0.833. The number of rotatable bonds is 3. The monoisotopic (exact) mass is 206 g/mol. The van der Waals surface area contributed by atoms with Crippen LogP contribution in [0.4, 0.5) is 0 Å². The molecular weight excluding hydrogens is 188 g/mol. The maximum absolute atomic E-state index is 11.9. The van der Waals surface area contributed by atoms with Gasteiger partial charge in [0.2, 0.25) is 0 Å². The molecule has 2 saturated carbocycles. The van der Waals surface area contributed by atoms with E-state index in [4.69, 9.17) is 0 Å². The zero-order valence-electron chi connectivity index (χ0n) is 9.25. The first kappa shape index (κ1) is 9.37. The van der Waals surface area contributed by atoms with Crippen LogP contribution in [0.3, 0.4) is 0 Å². The fourth-order valence-electron chi connectivity index (χ4n) is 3.08. The van der Waals surface area contributed by atoms with Crippen LogP contribution in [-0.2, 0) is 4.79 Å². The Morgan fingerprint density at radius 3 is 2.87 bits per heavy atom. The van der Waals surface area contributed by atoms with Gasteiger partial charge in [0.05, 0.1) is 0 Å². The minimum absolute atomic E-state index is 0.181. The molecule has 1 N–H and O–H groups in total. The van der Waals surface area contributed by atoms with E-state index in [9.17, 15) is 4.79 Å². The molecule has 3 aliphatic rings. The molecule has 2 unspecified atom stereocenters. The van der Waals surface area contributed by atoms with E-state index in [1.807, 2.05) is 0 Å². The summed E-state index contributed by atoms with van der Waals surface area (Å²) in [6.07, 6.45) is 6.60. The number of fused-ring (bicyclic) bond motifs is 1. The summed E-state index contributed by atoms with van der Waals surface area (Å²) >= 11 is 0. The number of nitrogens with one attached hydrogen (secondary N) is 1. The van der Waals surface area contributed by atoms with E-state index >= 15 is 0 Å². The summed E-state index contributed by atoms with van der Waals surface area (Å²) in [5.74, 6) is 2.75. The van der Waals surface area contributed by atoms with Crippen LogP contribution in [0.25, 0.3) is 0 Å². The molecule has 1 amide bonds. The largest absolute Gasteiger partial charge is 0.312 e. The highest BCUT2D eigenvalue weighted by Gasteiger charge is 2.59. The average molecular weight is 206 g/mol. The van der Waals surface area contributed by atoms with Crippen LogP contribution in [0.1, 0.15) is 45.4 Å². The van der Waals surface area contributed by atoms with E-state index in [-0.39, 0.29) is 11.4 Å². The highest BCUT2D eigenvalue weighted by molar-refractivity contribution is 6.08. The summed E-state index contributed by atoms with van der Waals surface area (Å²) in [7, 11) is 0. The minimum Gasteiger partial charge on any atom is -0.312 e. The quantitative estimate of drug-likeness (QED) is 0.752. The van der Waals surface area contributed by atoms with Crippen LogP contribution in [0.2, 0.25) is 0 Å². The molecule has 3 rings (SSSR count). The number of amides is 1. The third-order valence-corrected chi connectivity index (χ3v) is 4.07. The Morgan fingerprint density at radius 2 is 2.20 bits per heavy atom. The van der Waals surface area contributed by atoms with E-state index in [2.05, 4.69) is 17.2 Å². The third kappa shape index (κ3) is 1.40. The second-order valence-electron chi connectivity index (χ2n) is 5.31. The van der Waals surface area contributed by atoms with Gasteiger partial charge in [-0.05, 0) is 37.5 Å². The van der Waals surface area contributed by atoms with Crippen molar-refractivity contribution in [3.8, 4) is 0 Å². The lowest BCUT2D eigenvalue weighted by Crippen LogP contribution is -2.38. The summed E-state index contributed by atoms with van der Waals surface area (Å²) < 4.78 is 0. The lowest BCUT2D eigenvalue weighted by atomic mass is 9.94. The van der Waals surface area contributed by atoms with Gasteiger partial charge < -0.3 is 5.32 Å². The topological polar surface area (TPSA) is 41.5 Å². The third-order valence-electron chi connectivity index (χ3n) is 4.07. The van der Waals surface area contributed by atoms with Crippen molar-refractivity contribution in [3.05, 3.63) is 0 Å². The number of carbonyl (C=O) groups excluding carboxylic acids is 1. The van der Waals surface area contributed by atoms with E-state index in [1.165, 1.54) is 6.42 Å². The Labute approximate surface area is 90.3 Å². The molecule has 0 aromatic heterocycles. The Balaban J connectivity index is 1.73. The molecule has 1 aliphatic heterocycles. The zero-order valence-corrected chi connectivity index (χ0v) is 9.25. The van der Waals surface area contributed by atoms with E-state index in [0.717, 1.165) is 49.8 Å². The van der Waals surface area contributed by atoms with Crippen molar-refractivity contribution in [2.75, 3.05) is 0 Å². The summed E-state index contributed by atoms with van der Waals surface area (Å²) in [6, 6.07) is 0. The second kappa shape index (κ2) is 3.06. The first-order valence-electron chi connectivity index (χ1n) is 6.14. The highest BCUT2D eigenvalue weighted by atomic mass is 16.2. The summed E-state index contributed by atoms with van der Waals surface area (Å²) in [5, 5.41) is 2.97. The molecule has 3 heteroatoms. The Kier molecular flexibility index (Phi) is 1.91. The first-order valence-corrected chi connectivity index (χ1v) is 6.14. The van der Waals surface area contributed by atoms with Crippen molar-refractivity contribution in [1.82, 2.24) is 5.32 Å². The molecule has 1 spiro atoms. The van der Waals surface area contributed by atoms with Crippen LogP contribution >= 0.6 is 0 Å². The maximum Gasteiger partial charge on any atom is 0.253 e. The fourth-order valence-corrected chi connectivity index (χ4v) is 3.08. The van der Waals surface area contributed by atoms with E-state index in [1.54, 1.807) is 0 Å². The normalized spacial score (nSPS) is 41.7. The smallest absolute Gasteiger partial charge is 0.253 e. The van der Waals surface area contributed by atoms with Crippen molar-refractivity contribution in [2.45, 2.75) is 51.0 Å². The molecule has 2 fully saturated rings. The molecule has 0 radical (unpaired) electrons. The van der Waals surface area contributed by atoms with Crippen molar-refractivity contribution in [2.24, 2.45) is 16.8 Å². The molecule has 3 atom stereocenters. The van der Waals surface area contributed by atoms with Crippen molar-refractivity contribution >= 4 is 11.7 Å². The lowest BCUT2D eigenvalue weighted by molar-refractivity contribution is -0.123. The van der Waals surface area contributed by atoms with Gasteiger partial charge in [0.1, 0.15) is 11.4 Å². The summed E-state index contributed by atoms with van der Waals surface area (Å²) in [4.78, 5) is 16.6. The van der Waals surface area contributed by atoms with Gasteiger partial charge in [0, 0.05) is 6.42 Å². The number of amidine groups is 1. The number of unbranched alkanes of at least 4 members (excludes halogenated alkanes) is 1. The Bertz CT molecular complexity index is 325. The second-order valence-corrected chi connectivity index (χ2v) is 5.31. The Morgan fingerprint density at radius 1 is 1.47 bits per heavy atom. The molecule has 0 aromatic carbocycles. The van der Waals surface area contributed by atoms with Gasteiger partial charge in [-0.25, -0.2) is 0 Å². The van der Waals surface area contributed by atoms with Crippen LogP contribution in [0.15, 0.2) is 4.99 Å². The van der Waals surface area contributed by atoms with Crippen LogP contribution in [0.5, 0.6) is 0 Å². The van der Waals surface area contributed by atoms with Gasteiger partial charge in [-0.2, -0.15) is 0 Å². The Hall–Kier alpha value is -0.860. The number of aliphatic imine (C=N–C) groups is 1. The summed E-state index contributed by atoms with van der Waals surface area (Å²) in [6.45, 7) is 2.16. The predicted molar refractivity (Wildman–Crippen MR) is 58.7 cm³/mol. The molecule has 82 valence electrons. The zero-order chi connectivity index (χ0) is 10.5. The molecule has 15 heavy (non-hydrogen) atoms. The number of carbonyl (C=O) groups is 1. The lowest BCUT2D eigenvalue weighted by Gasteiger charge is -2.17. The number of hydrogen-bond acceptors (Lipinski definition) is 2. The van der Waals surface area contributed by atoms with E-state index in [0.29, 0.717) is 0 Å². The molecule has 0 saturated heterocycles. The first-order chi connectivity index (χ1) is 7.23. The van der Waals surface area contributed by atoms with Crippen molar-refractivity contribution in [1.29, 1.82) is 0 Å². The van der Waals surface area contributed by atoms with Crippen molar-refractivity contribution in [3.63, 3.8) is 0 Å². The minimum atomic E-state index is -0.323. The maximum atomic E-state index is 11.9. The summed E-state index contributed by atoms with van der Waals surface area (Å²) in [5.41, 5.74) is -0.323. The van der Waals surface area contributed by atoms with E-state index < -0.39 is 0 Å². The molecular formula is C12H18N2O. The van der Waals surface area contributed by atoms with Gasteiger partial charge in [0.15, 0.2) is 0 Å². The van der Waals surface area contributed by atoms with Gasteiger partial charge in [-0.3, -0.25) is 9.79 Å². The van der Waals surface area contributed by atoms with Gasteiger partial charge in [-0.1, -0.05) is 13.3 Å². The van der Waals surface area contributed by atoms with Gasteiger partial charge in [-0.15, -0.1) is 0 Å². The van der Waals surface area contributed by atoms with Crippen LogP contribution in [0, 0.1) is 11.8 Å². The van der Waals surface area contributed by atoms with Crippen LogP contribution < -0.4 is 5.32 Å². The number of nitrogens with zero attached hydrogens (tertiary/aromatic N) is 1. The molecule has 1 heterocycles. The molecule has 3 nitrogen and oxygen atoms in total.